The van der Waals surface area contributed by atoms with Crippen LogP contribution in [0.15, 0.2) is 36.4 Å². The van der Waals surface area contributed by atoms with Crippen LogP contribution in [-0.4, -0.2) is 56.2 Å². The molecule has 0 saturated heterocycles. The van der Waals surface area contributed by atoms with Crippen molar-refractivity contribution in [3.8, 4) is 51.8 Å². The van der Waals surface area contributed by atoms with E-state index in [0.29, 0.717) is 39.9 Å². The summed E-state index contributed by atoms with van der Waals surface area (Å²) < 4.78 is 27.9. The van der Waals surface area contributed by atoms with Gasteiger partial charge in [0.25, 0.3) is 5.91 Å². The second-order valence-corrected chi connectivity index (χ2v) is 8.69. The zero-order chi connectivity index (χ0) is 25.7. The highest BCUT2D eigenvalue weighted by Gasteiger charge is 2.32. The molecule has 2 heterocycles. The number of amides is 1. The number of aromatic nitrogens is 2. The summed E-state index contributed by atoms with van der Waals surface area (Å²) in [5.41, 5.74) is 2.45. The Hall–Kier alpha value is -4.32. The zero-order valence-corrected chi connectivity index (χ0v) is 21.0. The minimum Gasteiger partial charge on any atom is -0.493 e. The molecule has 1 aliphatic heterocycles. The van der Waals surface area contributed by atoms with Gasteiger partial charge in [0, 0.05) is 17.5 Å². The van der Waals surface area contributed by atoms with Gasteiger partial charge in [0.15, 0.2) is 23.0 Å². The van der Waals surface area contributed by atoms with Gasteiger partial charge in [-0.25, -0.2) is 0 Å². The van der Waals surface area contributed by atoms with Crippen LogP contribution >= 0.6 is 0 Å². The number of aromatic amines is 1. The maximum absolute atomic E-state index is 12.5. The average Bonchev–Trinajstić information content (AvgIpc) is 3.49. The van der Waals surface area contributed by atoms with Crippen molar-refractivity contribution in [3.63, 3.8) is 0 Å². The summed E-state index contributed by atoms with van der Waals surface area (Å²) >= 11 is 0. The molecular weight excluding hydrogens is 462 g/mol. The van der Waals surface area contributed by atoms with Crippen LogP contribution < -0.4 is 29.0 Å². The third-order valence-electron chi connectivity index (χ3n) is 5.60. The molecule has 0 radical (unpaired) electrons. The number of methoxy groups -OCH3 is 3. The Balaban J connectivity index is 1.32. The molecule has 2 N–H and O–H groups in total. The van der Waals surface area contributed by atoms with E-state index in [-0.39, 0.29) is 24.7 Å². The first kappa shape index (κ1) is 24.8. The number of fused-ring (bicyclic) bond motifs is 1. The van der Waals surface area contributed by atoms with E-state index in [1.807, 2.05) is 32.0 Å². The van der Waals surface area contributed by atoms with Gasteiger partial charge in [-0.15, -0.1) is 0 Å². The van der Waals surface area contributed by atoms with Gasteiger partial charge in [0.2, 0.25) is 5.75 Å². The van der Waals surface area contributed by atoms with Crippen LogP contribution in [0.4, 0.5) is 0 Å². The number of rotatable bonds is 8. The predicted octanol–water partition coefficient (Wildman–Crippen LogP) is 3.63. The van der Waals surface area contributed by atoms with E-state index in [1.54, 1.807) is 18.2 Å². The Morgan fingerprint density at radius 1 is 1.08 bits per heavy atom. The lowest BCUT2D eigenvalue weighted by Crippen LogP contribution is -2.24. The lowest BCUT2D eigenvalue weighted by Gasteiger charge is -2.17. The first-order chi connectivity index (χ1) is 17.3. The van der Waals surface area contributed by atoms with Crippen molar-refractivity contribution in [1.29, 1.82) is 0 Å². The monoisotopic (exact) mass is 491 g/mol. The van der Waals surface area contributed by atoms with Gasteiger partial charge in [-0.1, -0.05) is 24.0 Å². The highest BCUT2D eigenvalue weighted by atomic mass is 16.5. The van der Waals surface area contributed by atoms with Crippen molar-refractivity contribution < 1.29 is 28.5 Å². The Labute approximate surface area is 210 Å². The third kappa shape index (κ3) is 5.33. The van der Waals surface area contributed by atoms with Gasteiger partial charge in [-0.2, -0.15) is 5.10 Å². The maximum atomic E-state index is 12.5. The van der Waals surface area contributed by atoms with Crippen LogP contribution in [0.2, 0.25) is 0 Å². The number of hydrogen-bond acceptors (Lipinski definition) is 7. The number of para-hydroxylation sites is 1. The number of carbonyl (C=O) groups is 1. The summed E-state index contributed by atoms with van der Waals surface area (Å²) in [5, 5.41) is 9.73. The second-order valence-electron chi connectivity index (χ2n) is 8.69. The summed E-state index contributed by atoms with van der Waals surface area (Å²) in [6.07, 6.45) is 0.839. The molecule has 0 bridgehead atoms. The van der Waals surface area contributed by atoms with E-state index < -0.39 is 0 Å². The summed E-state index contributed by atoms with van der Waals surface area (Å²) in [6.45, 7) is 4.45. The Morgan fingerprint density at radius 3 is 2.53 bits per heavy atom. The Bertz CT molecular complexity index is 1290. The molecule has 188 valence electrons. The van der Waals surface area contributed by atoms with E-state index in [9.17, 15) is 4.79 Å². The van der Waals surface area contributed by atoms with E-state index in [4.69, 9.17) is 23.7 Å². The van der Waals surface area contributed by atoms with E-state index in [0.717, 1.165) is 17.7 Å². The number of nitrogens with zero attached hydrogens (tertiary/aromatic N) is 1. The standard InChI is InChI=1S/C27H29N3O6/c1-27(2)16-17-9-8-10-21(24(17)36-27)35-12-7-6-11-28-26(31)20-15-19(29-30-20)18-13-22(32-3)25(34-5)23(14-18)33-4/h8-10,13-15H,11-12,16H2,1-5H3,(H,28,31)(H,29,30). The number of carbonyl (C=O) groups excluding carboxylic acids is 1. The molecule has 9 heteroatoms. The van der Waals surface area contributed by atoms with Crippen LogP contribution in [0.5, 0.6) is 28.7 Å². The SMILES string of the molecule is COc1cc(-c2cc(C(=O)NCC#CCOc3cccc4c3OC(C)(C)C4)[nH]n2)cc(OC)c1OC. The highest BCUT2D eigenvalue weighted by Crippen LogP contribution is 2.42. The molecule has 0 saturated carbocycles. The smallest absolute Gasteiger partial charge is 0.270 e. The third-order valence-corrected chi connectivity index (χ3v) is 5.60. The number of ether oxygens (including phenoxy) is 5. The van der Waals surface area contributed by atoms with Crippen LogP contribution in [-0.2, 0) is 6.42 Å². The first-order valence-electron chi connectivity index (χ1n) is 11.4. The molecule has 1 aromatic heterocycles. The molecule has 2 aromatic carbocycles. The minimum absolute atomic E-state index is 0.164. The lowest BCUT2D eigenvalue weighted by molar-refractivity contribution is 0.0953. The first-order valence-corrected chi connectivity index (χ1v) is 11.4. The fourth-order valence-electron chi connectivity index (χ4n) is 3.96. The minimum atomic E-state index is -0.326. The van der Waals surface area contributed by atoms with Crippen molar-refractivity contribution >= 4 is 5.91 Å². The molecule has 0 spiro atoms. The van der Waals surface area contributed by atoms with Crippen LogP contribution in [0.1, 0.15) is 29.9 Å². The van der Waals surface area contributed by atoms with Crippen molar-refractivity contribution in [3.05, 3.63) is 47.7 Å². The topological polar surface area (TPSA) is 104 Å². The lowest BCUT2D eigenvalue weighted by atomic mass is 10.0. The summed E-state index contributed by atoms with van der Waals surface area (Å²) in [7, 11) is 4.61. The maximum Gasteiger partial charge on any atom is 0.270 e. The van der Waals surface area contributed by atoms with Gasteiger partial charge < -0.3 is 29.0 Å². The number of H-pyrrole nitrogens is 1. The molecule has 3 aromatic rings. The molecular formula is C27H29N3O6. The molecule has 0 atom stereocenters. The second kappa shape index (κ2) is 10.5. The molecule has 9 nitrogen and oxygen atoms in total. The number of benzene rings is 2. The fourth-order valence-corrected chi connectivity index (χ4v) is 3.96. The summed E-state index contributed by atoms with van der Waals surface area (Å²) in [6, 6.07) is 11.0. The van der Waals surface area contributed by atoms with E-state index in [2.05, 4.69) is 27.4 Å². The molecule has 0 fully saturated rings. The fraction of sp³-hybridized carbons (Fsp3) is 0.333. The van der Waals surface area contributed by atoms with Gasteiger partial charge in [-0.05, 0) is 38.1 Å². The van der Waals surface area contributed by atoms with Crippen molar-refractivity contribution in [2.75, 3.05) is 34.5 Å². The molecule has 0 aliphatic carbocycles. The molecule has 1 aliphatic rings. The largest absolute Gasteiger partial charge is 0.493 e. The molecule has 36 heavy (non-hydrogen) atoms. The van der Waals surface area contributed by atoms with Crippen molar-refractivity contribution in [2.24, 2.45) is 0 Å². The van der Waals surface area contributed by atoms with E-state index >= 15 is 0 Å². The quantitative estimate of drug-likeness (QED) is 0.464. The zero-order valence-electron chi connectivity index (χ0n) is 21.0. The van der Waals surface area contributed by atoms with Crippen LogP contribution in [0, 0.1) is 11.8 Å². The Kier molecular flexibility index (Phi) is 7.25. The van der Waals surface area contributed by atoms with Crippen molar-refractivity contribution in [1.82, 2.24) is 15.5 Å². The summed E-state index contributed by atoms with van der Waals surface area (Å²) in [5.74, 6) is 8.40. The molecule has 1 amide bonds. The molecule has 4 rings (SSSR count). The Morgan fingerprint density at radius 2 is 1.83 bits per heavy atom. The highest BCUT2D eigenvalue weighted by molar-refractivity contribution is 5.93. The van der Waals surface area contributed by atoms with Crippen LogP contribution in [0.3, 0.4) is 0 Å². The van der Waals surface area contributed by atoms with Crippen molar-refractivity contribution in [2.45, 2.75) is 25.9 Å². The van der Waals surface area contributed by atoms with Crippen LogP contribution in [0.25, 0.3) is 11.3 Å². The van der Waals surface area contributed by atoms with Gasteiger partial charge >= 0.3 is 0 Å². The predicted molar refractivity (Wildman–Crippen MR) is 134 cm³/mol. The van der Waals surface area contributed by atoms with E-state index in [1.165, 1.54) is 21.3 Å². The van der Waals surface area contributed by atoms with Gasteiger partial charge in [0.05, 0.1) is 33.6 Å². The number of hydrogen-bond donors (Lipinski definition) is 2. The van der Waals surface area contributed by atoms with Gasteiger partial charge in [0.1, 0.15) is 17.9 Å². The average molecular weight is 492 g/mol. The molecule has 0 unspecified atom stereocenters. The number of nitrogens with one attached hydrogen (secondary N) is 2. The van der Waals surface area contributed by atoms with Gasteiger partial charge in [-0.3, -0.25) is 9.89 Å². The summed E-state index contributed by atoms with van der Waals surface area (Å²) in [4.78, 5) is 12.5. The normalized spacial score (nSPS) is 13.0.